The second-order valence-electron chi connectivity index (χ2n) is 4.90. The van der Waals surface area contributed by atoms with Crippen molar-refractivity contribution in [1.29, 1.82) is 0 Å². The summed E-state index contributed by atoms with van der Waals surface area (Å²) in [4.78, 5) is 11.2. The molecule has 134 valence electrons. The van der Waals surface area contributed by atoms with E-state index in [1.807, 2.05) is 6.92 Å². The highest BCUT2D eigenvalue weighted by molar-refractivity contribution is 7.85. The Bertz CT molecular complexity index is 672. The van der Waals surface area contributed by atoms with E-state index in [1.165, 1.54) is 0 Å². The predicted octanol–water partition coefficient (Wildman–Crippen LogP) is -0.490. The first-order chi connectivity index (χ1) is 11.2. The molecule has 0 fully saturated rings. The van der Waals surface area contributed by atoms with Crippen LogP contribution in [0, 0.1) is 0 Å². The molecule has 9 nitrogen and oxygen atoms in total. The Morgan fingerprint density at radius 3 is 2.12 bits per heavy atom. The second kappa shape index (κ2) is 8.88. The Balaban J connectivity index is 3.09. The number of ether oxygens (including phenoxy) is 2. The van der Waals surface area contributed by atoms with Gasteiger partial charge in [-0.25, -0.2) is 4.79 Å². The summed E-state index contributed by atoms with van der Waals surface area (Å²) in [6.07, 6.45) is 0.547. The molecule has 1 aromatic carbocycles. The molecule has 0 aliphatic heterocycles. The first-order valence-corrected chi connectivity index (χ1v) is 8.74. The zero-order valence-corrected chi connectivity index (χ0v) is 13.8. The highest BCUT2D eigenvalue weighted by atomic mass is 32.2. The van der Waals surface area contributed by atoms with Crippen LogP contribution in [0.25, 0.3) is 0 Å². The minimum Gasteiger partial charge on any atom is -0.494 e. The summed E-state index contributed by atoms with van der Waals surface area (Å²) < 4.78 is 40.6. The molecule has 4 N–H and O–H groups in total. The molecule has 0 aliphatic rings. The molecule has 0 atom stereocenters. The standard InChI is InChI=1S/C13H19BO9S/c1-2-4-22-10-7-9(13(15)16)8-11(12(10)14(17)18)23-5-3-6-24(19,20)21/h7-8,17-18H,2-6H2,1H3,(H,15,16)(H,19,20,21). The SMILES string of the molecule is CCCOc1cc(C(=O)O)cc(OCCCS(=O)(=O)O)c1B(O)O. The third kappa shape index (κ3) is 6.36. The lowest BCUT2D eigenvalue weighted by atomic mass is 9.78. The number of hydrogen-bond donors (Lipinski definition) is 4. The maximum atomic E-state index is 11.2. The highest BCUT2D eigenvalue weighted by Gasteiger charge is 2.25. The molecule has 0 aliphatic carbocycles. The van der Waals surface area contributed by atoms with Crippen molar-refractivity contribution in [1.82, 2.24) is 0 Å². The fourth-order valence-corrected chi connectivity index (χ4v) is 2.34. The Hall–Kier alpha value is -1.82. The van der Waals surface area contributed by atoms with Gasteiger partial charge in [0.15, 0.2) is 0 Å². The Morgan fingerprint density at radius 1 is 1.17 bits per heavy atom. The Kier molecular flexibility index (Phi) is 7.48. The number of aromatic carboxylic acids is 1. The Morgan fingerprint density at radius 2 is 1.71 bits per heavy atom. The molecule has 0 saturated carbocycles. The number of benzene rings is 1. The molecule has 1 aromatic rings. The third-order valence-corrected chi connectivity index (χ3v) is 3.68. The van der Waals surface area contributed by atoms with Gasteiger partial charge in [-0.15, -0.1) is 0 Å². The van der Waals surface area contributed by atoms with Gasteiger partial charge in [0.1, 0.15) is 11.5 Å². The van der Waals surface area contributed by atoms with Crippen molar-refractivity contribution in [3.63, 3.8) is 0 Å². The number of hydrogen-bond acceptors (Lipinski definition) is 7. The smallest absolute Gasteiger partial charge is 0.494 e. The molecule has 1 rings (SSSR count). The van der Waals surface area contributed by atoms with Gasteiger partial charge < -0.3 is 24.6 Å². The van der Waals surface area contributed by atoms with Crippen LogP contribution in [0.1, 0.15) is 30.1 Å². The van der Waals surface area contributed by atoms with Gasteiger partial charge >= 0.3 is 13.1 Å². The number of carboxylic acids is 1. The van der Waals surface area contributed by atoms with E-state index in [9.17, 15) is 23.3 Å². The third-order valence-electron chi connectivity index (χ3n) is 2.88. The average Bonchev–Trinajstić information content (AvgIpc) is 2.47. The van der Waals surface area contributed by atoms with Crippen LogP contribution in [0.15, 0.2) is 12.1 Å². The lowest BCUT2D eigenvalue weighted by Gasteiger charge is -2.17. The second-order valence-corrected chi connectivity index (χ2v) is 6.47. The number of carboxylic acid groups (broad SMARTS) is 1. The first-order valence-electron chi connectivity index (χ1n) is 7.13. The molecule has 0 saturated heterocycles. The van der Waals surface area contributed by atoms with E-state index < -0.39 is 29.0 Å². The molecule has 24 heavy (non-hydrogen) atoms. The maximum absolute atomic E-state index is 11.2. The van der Waals surface area contributed by atoms with Gasteiger partial charge in [-0.3, -0.25) is 4.55 Å². The largest absolute Gasteiger partial charge is 0.496 e. The van der Waals surface area contributed by atoms with Crippen LogP contribution in [-0.4, -0.2) is 60.2 Å². The summed E-state index contributed by atoms with van der Waals surface area (Å²) in [5.74, 6) is -2.00. The lowest BCUT2D eigenvalue weighted by molar-refractivity contribution is 0.0695. The van der Waals surface area contributed by atoms with E-state index in [1.54, 1.807) is 0 Å². The van der Waals surface area contributed by atoms with Gasteiger partial charge in [-0.2, -0.15) is 8.42 Å². The van der Waals surface area contributed by atoms with Crippen molar-refractivity contribution < 1.29 is 42.4 Å². The van der Waals surface area contributed by atoms with Crippen molar-refractivity contribution in [3.8, 4) is 11.5 Å². The summed E-state index contributed by atoms with van der Waals surface area (Å²) in [5, 5.41) is 28.1. The maximum Gasteiger partial charge on any atom is 0.496 e. The molecule has 11 heteroatoms. The van der Waals surface area contributed by atoms with Gasteiger partial charge in [-0.05, 0) is 25.0 Å². The summed E-state index contributed by atoms with van der Waals surface area (Å²) >= 11 is 0. The van der Waals surface area contributed by atoms with Crippen LogP contribution in [-0.2, 0) is 10.1 Å². The van der Waals surface area contributed by atoms with Crippen molar-refractivity contribution in [2.75, 3.05) is 19.0 Å². The molecule has 0 aromatic heterocycles. The predicted molar refractivity (Wildman–Crippen MR) is 85.5 cm³/mol. The first kappa shape index (κ1) is 20.2. The van der Waals surface area contributed by atoms with E-state index in [-0.39, 0.29) is 42.2 Å². The summed E-state index contributed by atoms with van der Waals surface area (Å²) in [6, 6.07) is 2.24. The van der Waals surface area contributed by atoms with Gasteiger partial charge in [0.05, 0.1) is 30.0 Å². The van der Waals surface area contributed by atoms with E-state index in [0.29, 0.717) is 6.42 Å². The molecule has 0 amide bonds. The molecule has 0 unspecified atom stereocenters. The average molecular weight is 362 g/mol. The molecular formula is C13H19BO9S. The normalized spacial score (nSPS) is 11.2. The molecule has 0 radical (unpaired) electrons. The van der Waals surface area contributed by atoms with Crippen LogP contribution in [0.4, 0.5) is 0 Å². The van der Waals surface area contributed by atoms with Crippen molar-refractivity contribution >= 4 is 28.7 Å². The van der Waals surface area contributed by atoms with Crippen LogP contribution in [0.5, 0.6) is 11.5 Å². The van der Waals surface area contributed by atoms with Crippen molar-refractivity contribution in [2.24, 2.45) is 0 Å². The van der Waals surface area contributed by atoms with Crippen LogP contribution < -0.4 is 14.9 Å². The number of carbonyl (C=O) groups is 1. The van der Waals surface area contributed by atoms with Crippen LogP contribution in [0.3, 0.4) is 0 Å². The molecule has 0 spiro atoms. The van der Waals surface area contributed by atoms with E-state index in [0.717, 1.165) is 12.1 Å². The molecule has 0 bridgehead atoms. The fraction of sp³-hybridized carbons (Fsp3) is 0.462. The lowest BCUT2D eigenvalue weighted by Crippen LogP contribution is -2.34. The molecular weight excluding hydrogens is 343 g/mol. The zero-order valence-electron chi connectivity index (χ0n) is 13.0. The van der Waals surface area contributed by atoms with Gasteiger partial charge in [0.2, 0.25) is 0 Å². The van der Waals surface area contributed by atoms with Crippen LogP contribution >= 0.6 is 0 Å². The topological polar surface area (TPSA) is 151 Å². The summed E-state index contributed by atoms with van der Waals surface area (Å²) in [5.41, 5.74) is -0.337. The fourth-order valence-electron chi connectivity index (χ4n) is 1.85. The van der Waals surface area contributed by atoms with Crippen LogP contribution in [0.2, 0.25) is 0 Å². The van der Waals surface area contributed by atoms with Gasteiger partial charge in [0, 0.05) is 0 Å². The minimum absolute atomic E-state index is 0.0449. The summed E-state index contributed by atoms with van der Waals surface area (Å²) in [7, 11) is -6.12. The quantitative estimate of drug-likeness (QED) is 0.245. The minimum atomic E-state index is -4.14. The van der Waals surface area contributed by atoms with Crippen molar-refractivity contribution in [3.05, 3.63) is 17.7 Å². The Labute approximate surface area is 139 Å². The monoisotopic (exact) mass is 362 g/mol. The number of rotatable bonds is 10. The zero-order chi connectivity index (χ0) is 18.3. The van der Waals surface area contributed by atoms with Crippen molar-refractivity contribution in [2.45, 2.75) is 19.8 Å². The van der Waals surface area contributed by atoms with E-state index in [4.69, 9.17) is 19.1 Å². The van der Waals surface area contributed by atoms with E-state index in [2.05, 4.69) is 0 Å². The summed E-state index contributed by atoms with van der Waals surface area (Å²) in [6.45, 7) is 1.86. The highest BCUT2D eigenvalue weighted by Crippen LogP contribution is 2.22. The van der Waals surface area contributed by atoms with Gasteiger partial charge in [0.25, 0.3) is 10.1 Å². The van der Waals surface area contributed by atoms with E-state index >= 15 is 0 Å². The molecule has 0 heterocycles. The van der Waals surface area contributed by atoms with Gasteiger partial charge in [-0.1, -0.05) is 6.92 Å².